The van der Waals surface area contributed by atoms with Gasteiger partial charge in [-0.3, -0.25) is 0 Å². The normalized spacial score (nSPS) is 10.0. The van der Waals surface area contributed by atoms with E-state index in [-0.39, 0.29) is 33.7 Å². The van der Waals surface area contributed by atoms with Crippen LogP contribution in [0.15, 0.2) is 54.1 Å². The van der Waals surface area contributed by atoms with E-state index in [4.69, 9.17) is 15.3 Å². The van der Waals surface area contributed by atoms with Crippen LogP contribution in [0.1, 0.15) is 5.56 Å². The number of nitriles is 2. The van der Waals surface area contributed by atoms with Gasteiger partial charge in [-0.05, 0) is 24.3 Å². The molecule has 26 heavy (non-hydrogen) atoms. The van der Waals surface area contributed by atoms with Gasteiger partial charge in [0.15, 0.2) is 17.1 Å². The topological polar surface area (TPSA) is 69.7 Å². The fraction of sp³-hybridized carbons (Fsp3) is 0.0500. The molecule has 0 atom stereocenters. The number of methoxy groups -OCH3 is 1. The van der Waals surface area contributed by atoms with Crippen molar-refractivity contribution in [3.63, 3.8) is 0 Å². The van der Waals surface area contributed by atoms with E-state index in [1.807, 2.05) is 0 Å². The van der Waals surface area contributed by atoms with Crippen LogP contribution in [-0.2, 0) is 4.74 Å². The summed E-state index contributed by atoms with van der Waals surface area (Å²) in [4.78, 5) is 4.24. The summed E-state index contributed by atoms with van der Waals surface area (Å²) in [6, 6.07) is 15.7. The van der Waals surface area contributed by atoms with Gasteiger partial charge in [0.2, 0.25) is 0 Å². The van der Waals surface area contributed by atoms with Gasteiger partial charge in [-0.2, -0.15) is 10.5 Å². The predicted octanol–water partition coefficient (Wildman–Crippen LogP) is 4.58. The molecular formula is C20H11F2N3O. The Balaban J connectivity index is 2.27. The quantitative estimate of drug-likeness (QED) is 0.513. The summed E-state index contributed by atoms with van der Waals surface area (Å²) < 4.78 is 34.1. The molecule has 126 valence electrons. The van der Waals surface area contributed by atoms with E-state index < -0.39 is 11.6 Å². The van der Waals surface area contributed by atoms with Crippen molar-refractivity contribution in [1.82, 2.24) is 4.98 Å². The van der Waals surface area contributed by atoms with Gasteiger partial charge in [-0.25, -0.2) is 13.8 Å². The molecule has 0 saturated carbocycles. The highest BCUT2D eigenvalue weighted by Crippen LogP contribution is 2.29. The van der Waals surface area contributed by atoms with E-state index in [2.05, 4.69) is 4.98 Å². The van der Waals surface area contributed by atoms with Crippen LogP contribution >= 0.6 is 0 Å². The van der Waals surface area contributed by atoms with Gasteiger partial charge < -0.3 is 4.74 Å². The average molecular weight is 347 g/mol. The number of ether oxygens (including phenoxy) is 1. The minimum absolute atomic E-state index is 0.00645. The van der Waals surface area contributed by atoms with Crippen molar-refractivity contribution in [3.8, 4) is 23.4 Å². The zero-order valence-corrected chi connectivity index (χ0v) is 13.6. The molecule has 0 aliphatic rings. The van der Waals surface area contributed by atoms with Gasteiger partial charge in [-0.15, -0.1) is 0 Å². The molecule has 3 rings (SSSR count). The third-order valence-corrected chi connectivity index (χ3v) is 3.85. The van der Waals surface area contributed by atoms with Gasteiger partial charge in [0.05, 0.1) is 18.4 Å². The summed E-state index contributed by atoms with van der Waals surface area (Å²) in [5, 5.41) is 18.5. The minimum atomic E-state index is -0.750. The number of benzene rings is 2. The van der Waals surface area contributed by atoms with Crippen LogP contribution in [0.5, 0.6) is 0 Å². The van der Waals surface area contributed by atoms with Gasteiger partial charge in [0.25, 0.3) is 0 Å². The van der Waals surface area contributed by atoms with Gasteiger partial charge in [0.1, 0.15) is 23.5 Å². The molecule has 4 nitrogen and oxygen atoms in total. The van der Waals surface area contributed by atoms with Crippen LogP contribution in [0.2, 0.25) is 0 Å². The standard InChI is InChI=1S/C20H11F2N3O/c1-26-20(13(10-23)11-24)15-8-6-12-7-9-17(25-19(12)18(15)22)14-4-2-3-5-16(14)21/h2-9H,1H3. The molecule has 0 amide bonds. The first-order valence-electron chi connectivity index (χ1n) is 7.53. The fourth-order valence-electron chi connectivity index (χ4n) is 2.62. The van der Waals surface area contributed by atoms with E-state index in [9.17, 15) is 4.39 Å². The Hall–Kier alpha value is -3.77. The number of halogens is 2. The Bertz CT molecular complexity index is 1110. The van der Waals surface area contributed by atoms with Crippen LogP contribution in [0.4, 0.5) is 8.78 Å². The summed E-state index contributed by atoms with van der Waals surface area (Å²) in [7, 11) is 1.25. The van der Waals surface area contributed by atoms with E-state index in [1.165, 1.54) is 19.2 Å². The number of hydrogen-bond acceptors (Lipinski definition) is 4. The summed E-state index contributed by atoms with van der Waals surface area (Å²) in [5.41, 5.74) is 0.104. The van der Waals surface area contributed by atoms with Crippen LogP contribution in [0.25, 0.3) is 27.9 Å². The maximum atomic E-state index is 15.0. The molecule has 0 fully saturated rings. The molecule has 0 radical (unpaired) electrons. The highest BCUT2D eigenvalue weighted by atomic mass is 19.1. The summed E-state index contributed by atoms with van der Waals surface area (Å²) in [6.45, 7) is 0. The van der Waals surface area contributed by atoms with Crippen LogP contribution in [0.3, 0.4) is 0 Å². The molecule has 0 bridgehead atoms. The second kappa shape index (κ2) is 7.00. The molecule has 2 aromatic carbocycles. The number of hydrogen-bond donors (Lipinski definition) is 0. The smallest absolute Gasteiger partial charge is 0.172 e. The first-order chi connectivity index (χ1) is 12.6. The van der Waals surface area contributed by atoms with Crippen LogP contribution in [-0.4, -0.2) is 12.1 Å². The third kappa shape index (κ3) is 2.85. The first-order valence-corrected chi connectivity index (χ1v) is 7.53. The number of allylic oxidation sites excluding steroid dienone is 1. The van der Waals surface area contributed by atoms with Crippen molar-refractivity contribution in [3.05, 3.63) is 71.3 Å². The van der Waals surface area contributed by atoms with Crippen molar-refractivity contribution in [2.75, 3.05) is 7.11 Å². The lowest BCUT2D eigenvalue weighted by Gasteiger charge is -2.10. The molecular weight excluding hydrogens is 336 g/mol. The molecule has 0 saturated heterocycles. The SMILES string of the molecule is COC(=C(C#N)C#N)c1ccc2ccc(-c3ccccc3F)nc2c1F. The second-order valence-electron chi connectivity index (χ2n) is 5.31. The predicted molar refractivity (Wildman–Crippen MR) is 92.3 cm³/mol. The Labute approximate surface area is 148 Å². The maximum absolute atomic E-state index is 15.0. The number of nitrogens with zero attached hydrogens (tertiary/aromatic N) is 3. The van der Waals surface area contributed by atoms with Crippen molar-refractivity contribution in [1.29, 1.82) is 10.5 Å². The fourth-order valence-corrected chi connectivity index (χ4v) is 2.62. The molecule has 3 aromatic rings. The van der Waals surface area contributed by atoms with Gasteiger partial charge >= 0.3 is 0 Å². The molecule has 0 unspecified atom stereocenters. The molecule has 0 aliphatic carbocycles. The van der Waals surface area contributed by atoms with Crippen molar-refractivity contribution < 1.29 is 13.5 Å². The van der Waals surface area contributed by atoms with Crippen LogP contribution in [0, 0.1) is 34.3 Å². The monoisotopic (exact) mass is 347 g/mol. The summed E-state index contributed by atoms with van der Waals surface area (Å²) in [6.07, 6.45) is 0. The maximum Gasteiger partial charge on any atom is 0.172 e. The van der Waals surface area contributed by atoms with E-state index in [0.717, 1.165) is 0 Å². The molecule has 1 aromatic heterocycles. The second-order valence-corrected chi connectivity index (χ2v) is 5.31. The van der Waals surface area contributed by atoms with Gasteiger partial charge in [-0.1, -0.05) is 24.3 Å². The largest absolute Gasteiger partial charge is 0.494 e. The van der Waals surface area contributed by atoms with E-state index in [1.54, 1.807) is 48.5 Å². The molecule has 0 N–H and O–H groups in total. The zero-order valence-electron chi connectivity index (χ0n) is 13.6. The molecule has 6 heteroatoms. The Kier molecular flexibility index (Phi) is 4.59. The van der Waals surface area contributed by atoms with Crippen molar-refractivity contribution in [2.24, 2.45) is 0 Å². The minimum Gasteiger partial charge on any atom is -0.494 e. The van der Waals surface area contributed by atoms with E-state index >= 15 is 4.39 Å². The van der Waals surface area contributed by atoms with Gasteiger partial charge in [0, 0.05) is 10.9 Å². The van der Waals surface area contributed by atoms with E-state index in [0.29, 0.717) is 5.39 Å². The highest BCUT2D eigenvalue weighted by Gasteiger charge is 2.18. The molecule has 0 spiro atoms. The summed E-state index contributed by atoms with van der Waals surface area (Å²) >= 11 is 0. The molecule has 0 aliphatic heterocycles. The first kappa shape index (κ1) is 17.1. The third-order valence-electron chi connectivity index (χ3n) is 3.85. The number of fused-ring (bicyclic) bond motifs is 1. The summed E-state index contributed by atoms with van der Waals surface area (Å²) in [5.74, 6) is -1.39. The van der Waals surface area contributed by atoms with Crippen molar-refractivity contribution >= 4 is 16.7 Å². The Morgan fingerprint density at radius 3 is 2.35 bits per heavy atom. The molecule has 1 heterocycles. The zero-order chi connectivity index (χ0) is 18.7. The highest BCUT2D eigenvalue weighted by molar-refractivity contribution is 5.86. The lowest BCUT2D eigenvalue weighted by molar-refractivity contribution is 0.366. The van der Waals surface area contributed by atoms with Crippen molar-refractivity contribution in [2.45, 2.75) is 0 Å². The number of rotatable bonds is 3. The number of aromatic nitrogens is 1. The Morgan fingerprint density at radius 1 is 1.00 bits per heavy atom. The average Bonchev–Trinajstić information content (AvgIpc) is 2.67. The lowest BCUT2D eigenvalue weighted by Crippen LogP contribution is -1.99. The lowest BCUT2D eigenvalue weighted by atomic mass is 10.0. The Morgan fingerprint density at radius 2 is 1.69 bits per heavy atom. The van der Waals surface area contributed by atoms with Crippen LogP contribution < -0.4 is 0 Å². The number of pyridine rings is 1.